The van der Waals surface area contributed by atoms with Gasteiger partial charge < -0.3 is 5.32 Å². The average Bonchev–Trinajstić information content (AvgIpc) is 2.98. The van der Waals surface area contributed by atoms with Gasteiger partial charge >= 0.3 is 0 Å². The average molecular weight is 256 g/mol. The molecule has 0 heterocycles. The molecule has 3 atom stereocenters. The van der Waals surface area contributed by atoms with Crippen molar-refractivity contribution in [3.63, 3.8) is 0 Å². The van der Waals surface area contributed by atoms with Gasteiger partial charge in [0.1, 0.15) is 5.82 Å². The highest BCUT2D eigenvalue weighted by Crippen LogP contribution is 2.48. The van der Waals surface area contributed by atoms with Gasteiger partial charge in [0.15, 0.2) is 0 Å². The minimum absolute atomic E-state index is 0.224. The predicted molar refractivity (Wildman–Crippen MR) is 69.8 cm³/mol. The molecule has 0 bridgehead atoms. The van der Waals surface area contributed by atoms with Gasteiger partial charge in [-0.1, -0.05) is 31.5 Å². The molecule has 3 heteroatoms. The summed E-state index contributed by atoms with van der Waals surface area (Å²) in [4.78, 5) is 0. The number of aryl methyl sites for hydroxylation is 1. The van der Waals surface area contributed by atoms with E-state index in [0.29, 0.717) is 16.5 Å². The summed E-state index contributed by atoms with van der Waals surface area (Å²) in [6.45, 7) is 7.03. The van der Waals surface area contributed by atoms with Crippen LogP contribution in [0.25, 0.3) is 0 Å². The van der Waals surface area contributed by atoms with E-state index in [1.54, 1.807) is 6.92 Å². The fraction of sp³-hybridized carbons (Fsp3) is 0.571. The summed E-state index contributed by atoms with van der Waals surface area (Å²) in [5.41, 5.74) is 1.71. The Morgan fingerprint density at radius 3 is 2.71 bits per heavy atom. The molecule has 0 aromatic heterocycles. The first-order chi connectivity index (χ1) is 8.04. The van der Waals surface area contributed by atoms with Crippen LogP contribution in [-0.2, 0) is 0 Å². The van der Waals surface area contributed by atoms with Crippen molar-refractivity contribution in [3.05, 3.63) is 34.1 Å². The van der Waals surface area contributed by atoms with Gasteiger partial charge in [-0.05, 0) is 48.9 Å². The zero-order valence-electron chi connectivity index (χ0n) is 10.6. The van der Waals surface area contributed by atoms with E-state index < -0.39 is 0 Å². The summed E-state index contributed by atoms with van der Waals surface area (Å²) in [5, 5.41) is 4.01. The number of hydrogen-bond acceptors (Lipinski definition) is 1. The first-order valence-corrected chi connectivity index (χ1v) is 6.61. The van der Waals surface area contributed by atoms with Crippen LogP contribution in [0.1, 0.15) is 37.4 Å². The molecule has 17 heavy (non-hydrogen) atoms. The summed E-state index contributed by atoms with van der Waals surface area (Å²) < 4.78 is 13.4. The lowest BCUT2D eigenvalue weighted by Gasteiger charge is -2.20. The lowest BCUT2D eigenvalue weighted by Crippen LogP contribution is -2.23. The van der Waals surface area contributed by atoms with E-state index in [1.165, 1.54) is 12.5 Å². The van der Waals surface area contributed by atoms with E-state index in [4.69, 9.17) is 11.6 Å². The topological polar surface area (TPSA) is 12.0 Å². The molecule has 1 nitrogen and oxygen atoms in total. The van der Waals surface area contributed by atoms with Crippen molar-refractivity contribution >= 4 is 11.6 Å². The molecule has 1 aromatic carbocycles. The SMILES string of the molecule is CCNC(c1cc(C)c(F)cc1Cl)C1CC1C. The van der Waals surface area contributed by atoms with Crippen LogP contribution in [0.15, 0.2) is 12.1 Å². The molecule has 1 saturated carbocycles. The van der Waals surface area contributed by atoms with Gasteiger partial charge in [0.2, 0.25) is 0 Å². The smallest absolute Gasteiger partial charge is 0.127 e. The lowest BCUT2D eigenvalue weighted by atomic mass is 9.99. The first-order valence-electron chi connectivity index (χ1n) is 6.23. The van der Waals surface area contributed by atoms with Crippen LogP contribution in [0.3, 0.4) is 0 Å². The van der Waals surface area contributed by atoms with E-state index in [9.17, 15) is 4.39 Å². The van der Waals surface area contributed by atoms with Crippen molar-refractivity contribution in [1.29, 1.82) is 0 Å². The van der Waals surface area contributed by atoms with E-state index in [0.717, 1.165) is 18.0 Å². The van der Waals surface area contributed by atoms with Gasteiger partial charge in [0.05, 0.1) is 0 Å². The first kappa shape index (κ1) is 12.8. The molecule has 2 rings (SSSR count). The van der Waals surface area contributed by atoms with Crippen LogP contribution in [0.2, 0.25) is 5.02 Å². The minimum atomic E-state index is -0.224. The Morgan fingerprint density at radius 2 is 2.18 bits per heavy atom. The number of nitrogens with one attached hydrogen (secondary N) is 1. The second kappa shape index (κ2) is 4.95. The molecule has 0 amide bonds. The Labute approximate surface area is 107 Å². The molecule has 1 aliphatic rings. The maximum atomic E-state index is 13.4. The summed E-state index contributed by atoms with van der Waals surface area (Å²) in [6.07, 6.45) is 1.23. The summed E-state index contributed by atoms with van der Waals surface area (Å²) in [5.74, 6) is 1.15. The quantitative estimate of drug-likeness (QED) is 0.854. The van der Waals surface area contributed by atoms with Crippen molar-refractivity contribution in [3.8, 4) is 0 Å². The molecule has 0 spiro atoms. The molecular weight excluding hydrogens is 237 g/mol. The third-order valence-electron chi connectivity index (χ3n) is 3.64. The molecule has 3 unspecified atom stereocenters. The highest BCUT2D eigenvalue weighted by Gasteiger charge is 2.40. The predicted octanol–water partition coefficient (Wildman–Crippen LogP) is 4.09. The van der Waals surface area contributed by atoms with Crippen LogP contribution in [0.5, 0.6) is 0 Å². The maximum Gasteiger partial charge on any atom is 0.127 e. The van der Waals surface area contributed by atoms with Crippen molar-refractivity contribution in [2.24, 2.45) is 11.8 Å². The Balaban J connectivity index is 2.32. The van der Waals surface area contributed by atoms with Gasteiger partial charge in [-0.15, -0.1) is 0 Å². The Kier molecular flexibility index (Phi) is 3.74. The fourth-order valence-electron chi connectivity index (χ4n) is 2.45. The Bertz CT molecular complexity index is 419. The molecule has 0 aliphatic heterocycles. The number of benzene rings is 1. The van der Waals surface area contributed by atoms with Crippen molar-refractivity contribution in [2.75, 3.05) is 6.54 Å². The Morgan fingerprint density at radius 1 is 1.53 bits per heavy atom. The van der Waals surface area contributed by atoms with Gasteiger partial charge in [0, 0.05) is 11.1 Å². The molecule has 0 saturated heterocycles. The van der Waals surface area contributed by atoms with Gasteiger partial charge in [-0.3, -0.25) is 0 Å². The number of rotatable bonds is 4. The fourth-order valence-corrected chi connectivity index (χ4v) is 2.71. The second-order valence-corrected chi connectivity index (χ2v) is 5.44. The van der Waals surface area contributed by atoms with Crippen molar-refractivity contribution < 1.29 is 4.39 Å². The van der Waals surface area contributed by atoms with E-state index in [1.807, 2.05) is 6.07 Å². The normalized spacial score (nSPS) is 24.8. The minimum Gasteiger partial charge on any atom is -0.310 e. The molecule has 94 valence electrons. The molecule has 1 aliphatic carbocycles. The summed E-state index contributed by atoms with van der Waals surface area (Å²) >= 11 is 6.17. The monoisotopic (exact) mass is 255 g/mol. The molecule has 1 fully saturated rings. The standard InChI is InChI=1S/C14H19ClFN/c1-4-17-14(10-5-8(10)2)11-6-9(3)13(16)7-12(11)15/h6-8,10,14,17H,4-5H2,1-3H3. The maximum absolute atomic E-state index is 13.4. The van der Waals surface area contributed by atoms with Crippen LogP contribution in [-0.4, -0.2) is 6.54 Å². The highest BCUT2D eigenvalue weighted by atomic mass is 35.5. The van der Waals surface area contributed by atoms with Crippen LogP contribution < -0.4 is 5.32 Å². The van der Waals surface area contributed by atoms with Crippen LogP contribution in [0.4, 0.5) is 4.39 Å². The summed E-state index contributed by atoms with van der Waals surface area (Å²) in [7, 11) is 0. The van der Waals surface area contributed by atoms with Crippen molar-refractivity contribution in [1.82, 2.24) is 5.32 Å². The second-order valence-electron chi connectivity index (χ2n) is 5.04. The Hall–Kier alpha value is -0.600. The number of hydrogen-bond donors (Lipinski definition) is 1. The lowest BCUT2D eigenvalue weighted by molar-refractivity contribution is 0.474. The third-order valence-corrected chi connectivity index (χ3v) is 3.96. The van der Waals surface area contributed by atoms with E-state index in [2.05, 4.69) is 19.2 Å². The highest BCUT2D eigenvalue weighted by molar-refractivity contribution is 6.31. The zero-order valence-corrected chi connectivity index (χ0v) is 11.3. The molecular formula is C14H19ClFN. The zero-order chi connectivity index (χ0) is 12.6. The third kappa shape index (κ3) is 2.63. The van der Waals surface area contributed by atoms with Gasteiger partial charge in [-0.25, -0.2) is 4.39 Å². The van der Waals surface area contributed by atoms with Crippen LogP contribution in [0, 0.1) is 24.6 Å². The summed E-state index contributed by atoms with van der Waals surface area (Å²) in [6, 6.07) is 3.58. The molecule has 1 N–H and O–H groups in total. The molecule has 0 radical (unpaired) electrons. The van der Waals surface area contributed by atoms with Gasteiger partial charge in [-0.2, -0.15) is 0 Å². The largest absolute Gasteiger partial charge is 0.310 e. The van der Waals surface area contributed by atoms with E-state index in [-0.39, 0.29) is 11.9 Å². The number of halogens is 2. The van der Waals surface area contributed by atoms with Gasteiger partial charge in [0.25, 0.3) is 0 Å². The van der Waals surface area contributed by atoms with Crippen molar-refractivity contribution in [2.45, 2.75) is 33.2 Å². The van der Waals surface area contributed by atoms with Crippen LogP contribution >= 0.6 is 11.6 Å². The molecule has 1 aromatic rings. The van der Waals surface area contributed by atoms with E-state index >= 15 is 0 Å².